The summed E-state index contributed by atoms with van der Waals surface area (Å²) in [7, 11) is 0. The first-order valence-electron chi connectivity index (χ1n) is 6.87. The van der Waals surface area contributed by atoms with E-state index in [1.165, 1.54) is 12.8 Å². The van der Waals surface area contributed by atoms with Crippen LogP contribution in [-0.2, 0) is 4.74 Å². The van der Waals surface area contributed by atoms with E-state index in [1.807, 2.05) is 0 Å². The van der Waals surface area contributed by atoms with Crippen LogP contribution in [0.4, 0.5) is 0 Å². The average Bonchev–Trinajstić information content (AvgIpc) is 2.58. The third kappa shape index (κ3) is 1.77. The minimum absolute atomic E-state index is 0.185. The van der Waals surface area contributed by atoms with E-state index < -0.39 is 5.54 Å². The molecule has 2 bridgehead atoms. The standard InChI is InChI=1S/C14H25NO3/c1-12(2,15(16)17)9-18-11-8-10-6-7-14(11,5)13(10,3)4/h10-11H,6-9H2,1-5H3. The lowest BCUT2D eigenvalue weighted by Gasteiger charge is -2.39. The summed E-state index contributed by atoms with van der Waals surface area (Å²) in [6.45, 7) is 10.4. The second-order valence-electron chi connectivity index (χ2n) is 7.48. The van der Waals surface area contributed by atoms with Gasteiger partial charge in [0.25, 0.3) is 0 Å². The van der Waals surface area contributed by atoms with Crippen LogP contribution in [0.3, 0.4) is 0 Å². The molecule has 2 rings (SSSR count). The Morgan fingerprint density at radius 2 is 2.00 bits per heavy atom. The quantitative estimate of drug-likeness (QED) is 0.572. The van der Waals surface area contributed by atoms with Crippen molar-refractivity contribution in [3.8, 4) is 0 Å². The lowest BCUT2D eigenvalue weighted by atomic mass is 9.70. The van der Waals surface area contributed by atoms with Gasteiger partial charge < -0.3 is 4.74 Å². The summed E-state index contributed by atoms with van der Waals surface area (Å²) in [6, 6.07) is 0. The van der Waals surface area contributed by atoms with Crippen molar-refractivity contribution in [1.29, 1.82) is 0 Å². The van der Waals surface area contributed by atoms with Crippen LogP contribution in [0, 0.1) is 26.9 Å². The molecule has 0 aromatic heterocycles. The van der Waals surface area contributed by atoms with E-state index in [1.54, 1.807) is 13.8 Å². The molecule has 2 aliphatic carbocycles. The van der Waals surface area contributed by atoms with E-state index in [0.29, 0.717) is 11.3 Å². The second kappa shape index (κ2) is 3.92. The summed E-state index contributed by atoms with van der Waals surface area (Å²) >= 11 is 0. The molecule has 2 aliphatic rings. The zero-order chi connectivity index (χ0) is 13.8. The van der Waals surface area contributed by atoms with Crippen molar-refractivity contribution in [2.75, 3.05) is 6.61 Å². The van der Waals surface area contributed by atoms with Crippen molar-refractivity contribution in [2.45, 2.75) is 65.5 Å². The monoisotopic (exact) mass is 255 g/mol. The smallest absolute Gasteiger partial charge is 0.239 e. The van der Waals surface area contributed by atoms with Gasteiger partial charge in [-0.15, -0.1) is 0 Å². The largest absolute Gasteiger partial charge is 0.370 e. The number of rotatable bonds is 4. The predicted molar refractivity (Wildman–Crippen MR) is 70.0 cm³/mol. The van der Waals surface area contributed by atoms with Gasteiger partial charge in [-0.05, 0) is 36.0 Å². The summed E-state index contributed by atoms with van der Waals surface area (Å²) in [5.41, 5.74) is -0.497. The maximum atomic E-state index is 10.9. The van der Waals surface area contributed by atoms with Crippen molar-refractivity contribution in [1.82, 2.24) is 0 Å². The molecule has 0 spiro atoms. The molecule has 2 saturated carbocycles. The summed E-state index contributed by atoms with van der Waals surface area (Å²) in [4.78, 5) is 10.7. The maximum absolute atomic E-state index is 10.9. The number of hydrogen-bond acceptors (Lipinski definition) is 3. The van der Waals surface area contributed by atoms with E-state index in [4.69, 9.17) is 4.74 Å². The molecule has 4 nitrogen and oxygen atoms in total. The topological polar surface area (TPSA) is 52.4 Å². The average molecular weight is 255 g/mol. The molecule has 0 saturated heterocycles. The van der Waals surface area contributed by atoms with Gasteiger partial charge in [0.05, 0.1) is 6.10 Å². The zero-order valence-electron chi connectivity index (χ0n) is 12.2. The Balaban J connectivity index is 2.04. The Morgan fingerprint density at radius 3 is 2.39 bits per heavy atom. The minimum Gasteiger partial charge on any atom is -0.370 e. The lowest BCUT2D eigenvalue weighted by molar-refractivity contribution is -0.565. The highest BCUT2D eigenvalue weighted by atomic mass is 16.6. The van der Waals surface area contributed by atoms with E-state index in [0.717, 1.165) is 6.42 Å². The summed E-state index contributed by atoms with van der Waals surface area (Å²) in [5.74, 6) is 0.714. The molecule has 0 heterocycles. The molecule has 0 amide bonds. The van der Waals surface area contributed by atoms with Crippen LogP contribution in [0.5, 0.6) is 0 Å². The fourth-order valence-corrected chi connectivity index (χ4v) is 3.74. The fraction of sp³-hybridized carbons (Fsp3) is 1.00. The van der Waals surface area contributed by atoms with Gasteiger partial charge in [0.2, 0.25) is 5.54 Å². The zero-order valence-corrected chi connectivity index (χ0v) is 12.2. The highest BCUT2D eigenvalue weighted by Crippen LogP contribution is 2.66. The van der Waals surface area contributed by atoms with Gasteiger partial charge >= 0.3 is 0 Å². The van der Waals surface area contributed by atoms with Crippen molar-refractivity contribution in [3.05, 3.63) is 10.1 Å². The van der Waals surface area contributed by atoms with Gasteiger partial charge in [0, 0.05) is 18.8 Å². The molecule has 0 aromatic rings. The molecule has 0 aromatic carbocycles. The molecule has 4 heteroatoms. The van der Waals surface area contributed by atoms with E-state index in [2.05, 4.69) is 20.8 Å². The van der Waals surface area contributed by atoms with Gasteiger partial charge in [-0.2, -0.15) is 0 Å². The molecule has 0 N–H and O–H groups in total. The van der Waals surface area contributed by atoms with Crippen molar-refractivity contribution in [2.24, 2.45) is 16.7 Å². The van der Waals surface area contributed by atoms with E-state index in [-0.39, 0.29) is 23.0 Å². The molecular formula is C14H25NO3. The lowest BCUT2D eigenvalue weighted by Crippen LogP contribution is -2.42. The molecule has 3 atom stereocenters. The van der Waals surface area contributed by atoms with Crippen LogP contribution in [0.25, 0.3) is 0 Å². The number of nitrogens with zero attached hydrogens (tertiary/aromatic N) is 1. The van der Waals surface area contributed by atoms with Gasteiger partial charge in [0.1, 0.15) is 6.61 Å². The van der Waals surface area contributed by atoms with Crippen LogP contribution in [-0.4, -0.2) is 23.2 Å². The Bertz CT molecular complexity index is 364. The molecule has 0 aliphatic heterocycles. The molecule has 2 fully saturated rings. The fourth-order valence-electron chi connectivity index (χ4n) is 3.74. The number of nitro groups is 1. The van der Waals surface area contributed by atoms with Crippen LogP contribution < -0.4 is 0 Å². The number of ether oxygens (including phenoxy) is 1. The van der Waals surface area contributed by atoms with Crippen molar-refractivity contribution in [3.63, 3.8) is 0 Å². The Kier molecular flexibility index (Phi) is 3.01. The van der Waals surface area contributed by atoms with Crippen LogP contribution in [0.1, 0.15) is 53.9 Å². The van der Waals surface area contributed by atoms with Gasteiger partial charge in [-0.25, -0.2) is 0 Å². The van der Waals surface area contributed by atoms with Gasteiger partial charge in [-0.1, -0.05) is 20.8 Å². The Hall–Kier alpha value is -0.640. The first-order valence-corrected chi connectivity index (χ1v) is 6.87. The molecule has 104 valence electrons. The second-order valence-corrected chi connectivity index (χ2v) is 7.48. The normalized spacial score (nSPS) is 38.1. The highest BCUT2D eigenvalue weighted by Gasteiger charge is 2.62. The van der Waals surface area contributed by atoms with E-state index in [9.17, 15) is 10.1 Å². The molecule has 0 radical (unpaired) electrons. The first kappa shape index (κ1) is 13.8. The maximum Gasteiger partial charge on any atom is 0.239 e. The molecule has 3 unspecified atom stereocenters. The predicted octanol–water partition coefficient (Wildman–Crippen LogP) is 3.27. The number of hydrogen-bond donors (Lipinski definition) is 0. The summed E-state index contributed by atoms with van der Waals surface area (Å²) < 4.78 is 5.96. The SMILES string of the molecule is CC(C)(COC1CC2CCC1(C)C2(C)C)[N+](=O)[O-]. The highest BCUT2D eigenvalue weighted by molar-refractivity contribution is 5.11. The molecular weight excluding hydrogens is 230 g/mol. The van der Waals surface area contributed by atoms with E-state index >= 15 is 0 Å². The third-order valence-electron chi connectivity index (χ3n) is 5.85. The molecule has 18 heavy (non-hydrogen) atoms. The van der Waals surface area contributed by atoms with Gasteiger partial charge in [0.15, 0.2) is 0 Å². The number of fused-ring (bicyclic) bond motifs is 2. The first-order chi connectivity index (χ1) is 8.11. The Labute approximate surface area is 109 Å². The third-order valence-corrected chi connectivity index (χ3v) is 5.85. The summed E-state index contributed by atoms with van der Waals surface area (Å²) in [6.07, 6.45) is 3.72. The Morgan fingerprint density at radius 1 is 1.39 bits per heavy atom. The van der Waals surface area contributed by atoms with Crippen molar-refractivity contribution < 1.29 is 9.66 Å². The van der Waals surface area contributed by atoms with Crippen LogP contribution in [0.15, 0.2) is 0 Å². The van der Waals surface area contributed by atoms with Crippen molar-refractivity contribution >= 4 is 0 Å². The van der Waals surface area contributed by atoms with Crippen LogP contribution in [0.2, 0.25) is 0 Å². The minimum atomic E-state index is -0.984. The van der Waals surface area contributed by atoms with Crippen LogP contribution >= 0.6 is 0 Å². The van der Waals surface area contributed by atoms with Gasteiger partial charge in [-0.3, -0.25) is 10.1 Å². The summed E-state index contributed by atoms with van der Waals surface area (Å²) in [5, 5.41) is 10.9.